The minimum absolute atomic E-state index is 0.00985. The van der Waals surface area contributed by atoms with Crippen molar-refractivity contribution >= 4 is 16.7 Å². The van der Waals surface area contributed by atoms with Crippen molar-refractivity contribution in [2.75, 3.05) is 59.5 Å². The van der Waals surface area contributed by atoms with Gasteiger partial charge in [0.25, 0.3) is 5.92 Å². The smallest absolute Gasteiger partial charge is 0.298 e. The highest BCUT2D eigenvalue weighted by molar-refractivity contribution is 5.91. The van der Waals surface area contributed by atoms with E-state index in [1.807, 2.05) is 7.05 Å². The van der Waals surface area contributed by atoms with Gasteiger partial charge in [0, 0.05) is 43.8 Å². The van der Waals surface area contributed by atoms with Crippen LogP contribution in [0.3, 0.4) is 0 Å². The summed E-state index contributed by atoms with van der Waals surface area (Å²) in [5, 5.41) is 12.6. The van der Waals surface area contributed by atoms with Gasteiger partial charge in [-0.25, -0.2) is 14.4 Å². The molecule has 1 aliphatic rings. The summed E-state index contributed by atoms with van der Waals surface area (Å²) in [6.45, 7) is 2.77. The van der Waals surface area contributed by atoms with Crippen LogP contribution in [0.2, 0.25) is 0 Å². The van der Waals surface area contributed by atoms with E-state index in [0.717, 1.165) is 19.2 Å². The molecule has 1 aromatic heterocycles. The molecule has 37 heavy (non-hydrogen) atoms. The Labute approximate surface area is 213 Å². The van der Waals surface area contributed by atoms with Gasteiger partial charge in [0.1, 0.15) is 24.1 Å². The molecule has 2 aromatic carbocycles. The lowest BCUT2D eigenvalue weighted by atomic mass is 9.82. The normalized spacial score (nSPS) is 15.5. The Hall–Kier alpha value is -3.15. The molecule has 0 saturated carbocycles. The Morgan fingerprint density at radius 3 is 2.54 bits per heavy atom. The summed E-state index contributed by atoms with van der Waals surface area (Å²) < 4.78 is 59.9. The summed E-state index contributed by atoms with van der Waals surface area (Å²) in [7, 11) is 5.24. The maximum Gasteiger partial charge on any atom is 0.298 e. The second-order valence-electron chi connectivity index (χ2n) is 9.53. The molecule has 1 saturated heterocycles. The van der Waals surface area contributed by atoms with E-state index in [-0.39, 0.29) is 17.5 Å². The van der Waals surface area contributed by atoms with Crippen molar-refractivity contribution in [3.63, 3.8) is 0 Å². The zero-order valence-electron chi connectivity index (χ0n) is 21.3. The van der Waals surface area contributed by atoms with Crippen LogP contribution in [0.4, 0.5) is 19.0 Å². The fraction of sp³-hybridized carbons (Fsp3) is 0.462. The molecule has 0 aliphatic carbocycles. The van der Waals surface area contributed by atoms with Crippen LogP contribution in [0.5, 0.6) is 11.5 Å². The number of anilines is 1. The number of halogens is 3. The molecule has 2 heterocycles. The number of hydrogen-bond donors (Lipinski definition) is 2. The zero-order valence-corrected chi connectivity index (χ0v) is 21.3. The number of nitrogens with zero attached hydrogens (tertiary/aromatic N) is 3. The van der Waals surface area contributed by atoms with Gasteiger partial charge in [-0.15, -0.1) is 0 Å². The number of likely N-dealkylation sites (tertiary alicyclic amines) is 1. The maximum absolute atomic E-state index is 14.8. The quantitative estimate of drug-likeness (QED) is 0.396. The van der Waals surface area contributed by atoms with E-state index in [4.69, 9.17) is 19.3 Å². The standard InChI is InChI=1S/C26H31F3N4O4/c1-16-31-20-9-21(36-4)22(37-15-25(14-35-3)11-33(2)12-25)8-18(20)24(32-16)30-10-17-6-5-7-19(23(17)27)26(28,29)13-34/h5-9,34H,10-15H2,1-4H3,(H,30,31,32). The molecule has 0 bridgehead atoms. The number of aromatic nitrogens is 2. The number of aliphatic hydroxyl groups excluding tert-OH is 1. The van der Waals surface area contributed by atoms with E-state index in [2.05, 4.69) is 20.2 Å². The lowest BCUT2D eigenvalue weighted by molar-refractivity contribution is -0.0674. The summed E-state index contributed by atoms with van der Waals surface area (Å²) in [5.41, 5.74) is -0.399. The van der Waals surface area contributed by atoms with E-state index in [9.17, 15) is 13.2 Å². The Morgan fingerprint density at radius 2 is 1.89 bits per heavy atom. The largest absolute Gasteiger partial charge is 0.493 e. The fourth-order valence-corrected chi connectivity index (χ4v) is 4.78. The number of ether oxygens (including phenoxy) is 3. The third kappa shape index (κ3) is 5.58. The predicted octanol–water partition coefficient (Wildman–Crippen LogP) is 3.74. The fourth-order valence-electron chi connectivity index (χ4n) is 4.78. The monoisotopic (exact) mass is 520 g/mol. The number of nitrogens with one attached hydrogen (secondary N) is 1. The number of rotatable bonds is 11. The molecule has 1 fully saturated rings. The first kappa shape index (κ1) is 26.9. The van der Waals surface area contributed by atoms with Gasteiger partial charge in [-0.1, -0.05) is 12.1 Å². The summed E-state index contributed by atoms with van der Waals surface area (Å²) in [4.78, 5) is 11.1. The lowest BCUT2D eigenvalue weighted by Gasteiger charge is -2.47. The molecule has 3 aromatic rings. The molecule has 1 aliphatic heterocycles. The Balaban J connectivity index is 1.63. The SMILES string of the molecule is COCC1(COc2cc3c(NCc4cccc(C(F)(F)CO)c4F)nc(C)nc3cc2OC)CN(C)C1. The van der Waals surface area contributed by atoms with E-state index in [0.29, 0.717) is 47.3 Å². The number of alkyl halides is 2. The van der Waals surface area contributed by atoms with Gasteiger partial charge in [0.15, 0.2) is 11.5 Å². The van der Waals surface area contributed by atoms with E-state index in [1.165, 1.54) is 12.1 Å². The maximum atomic E-state index is 14.8. The van der Waals surface area contributed by atoms with Crippen LogP contribution < -0.4 is 14.8 Å². The van der Waals surface area contributed by atoms with Gasteiger partial charge < -0.3 is 29.5 Å². The molecule has 0 spiro atoms. The molecular weight excluding hydrogens is 489 g/mol. The minimum atomic E-state index is -3.68. The first-order valence-corrected chi connectivity index (χ1v) is 11.8. The lowest BCUT2D eigenvalue weighted by Crippen LogP contribution is -2.59. The topological polar surface area (TPSA) is 89.0 Å². The van der Waals surface area contributed by atoms with Crippen molar-refractivity contribution in [1.29, 1.82) is 0 Å². The minimum Gasteiger partial charge on any atom is -0.493 e. The number of aryl methyl sites for hydroxylation is 1. The molecular formula is C26H31F3N4O4. The number of fused-ring (bicyclic) bond motifs is 1. The number of methoxy groups -OCH3 is 2. The molecule has 200 valence electrons. The Bertz CT molecular complexity index is 1260. The van der Waals surface area contributed by atoms with Crippen LogP contribution in [0.1, 0.15) is 17.0 Å². The average molecular weight is 521 g/mol. The van der Waals surface area contributed by atoms with Gasteiger partial charge >= 0.3 is 0 Å². The molecule has 0 atom stereocenters. The highest BCUT2D eigenvalue weighted by Gasteiger charge is 2.42. The van der Waals surface area contributed by atoms with E-state index in [1.54, 1.807) is 33.3 Å². The predicted molar refractivity (Wildman–Crippen MR) is 133 cm³/mol. The molecule has 0 amide bonds. The number of benzene rings is 2. The van der Waals surface area contributed by atoms with Gasteiger partial charge in [-0.2, -0.15) is 8.78 Å². The van der Waals surface area contributed by atoms with Crippen molar-refractivity contribution in [3.05, 3.63) is 53.1 Å². The number of hydrogen-bond acceptors (Lipinski definition) is 8. The Morgan fingerprint density at radius 1 is 1.14 bits per heavy atom. The molecule has 4 rings (SSSR count). The molecule has 0 radical (unpaired) electrons. The second-order valence-corrected chi connectivity index (χ2v) is 9.53. The summed E-state index contributed by atoms with van der Waals surface area (Å²) in [5.74, 6) is -2.92. The van der Waals surface area contributed by atoms with Gasteiger partial charge in [-0.05, 0) is 26.1 Å². The van der Waals surface area contributed by atoms with Crippen LogP contribution in [-0.2, 0) is 17.2 Å². The highest BCUT2D eigenvalue weighted by Crippen LogP contribution is 2.37. The molecule has 11 heteroatoms. The third-order valence-corrected chi connectivity index (χ3v) is 6.41. The van der Waals surface area contributed by atoms with Crippen molar-refractivity contribution in [1.82, 2.24) is 14.9 Å². The first-order chi connectivity index (χ1) is 17.6. The average Bonchev–Trinajstić information content (AvgIpc) is 2.85. The highest BCUT2D eigenvalue weighted by atomic mass is 19.3. The zero-order chi connectivity index (χ0) is 26.8. The van der Waals surface area contributed by atoms with Crippen molar-refractivity contribution < 1.29 is 32.5 Å². The van der Waals surface area contributed by atoms with Crippen LogP contribution in [0.15, 0.2) is 30.3 Å². The summed E-state index contributed by atoms with van der Waals surface area (Å²) >= 11 is 0. The summed E-state index contributed by atoms with van der Waals surface area (Å²) in [6.07, 6.45) is 0. The van der Waals surface area contributed by atoms with E-state index >= 15 is 0 Å². The van der Waals surface area contributed by atoms with Gasteiger partial charge in [0.2, 0.25) is 0 Å². The molecule has 8 nitrogen and oxygen atoms in total. The number of aliphatic hydroxyl groups is 1. The van der Waals surface area contributed by atoms with Crippen molar-refractivity contribution in [2.24, 2.45) is 5.41 Å². The van der Waals surface area contributed by atoms with Crippen LogP contribution in [0, 0.1) is 18.2 Å². The molecule has 0 unspecified atom stereocenters. The van der Waals surface area contributed by atoms with Crippen LogP contribution in [0.25, 0.3) is 10.9 Å². The van der Waals surface area contributed by atoms with Crippen LogP contribution in [-0.4, -0.2) is 74.2 Å². The first-order valence-electron chi connectivity index (χ1n) is 11.8. The molecule has 2 N–H and O–H groups in total. The van der Waals surface area contributed by atoms with Crippen LogP contribution >= 0.6 is 0 Å². The van der Waals surface area contributed by atoms with E-state index < -0.39 is 23.9 Å². The third-order valence-electron chi connectivity index (χ3n) is 6.41. The Kier molecular flexibility index (Phi) is 7.77. The van der Waals surface area contributed by atoms with Crippen molar-refractivity contribution in [2.45, 2.75) is 19.4 Å². The van der Waals surface area contributed by atoms with Crippen molar-refractivity contribution in [3.8, 4) is 11.5 Å². The second kappa shape index (κ2) is 10.7. The summed E-state index contributed by atoms with van der Waals surface area (Å²) in [6, 6.07) is 7.19. The van der Waals surface area contributed by atoms with Gasteiger partial charge in [-0.3, -0.25) is 0 Å². The van der Waals surface area contributed by atoms with Gasteiger partial charge in [0.05, 0.1) is 36.8 Å².